The van der Waals surface area contributed by atoms with Crippen molar-refractivity contribution in [1.29, 1.82) is 0 Å². The van der Waals surface area contributed by atoms with Crippen molar-refractivity contribution in [1.82, 2.24) is 10.4 Å². The molecular weight excluding hydrogens is 327 g/mol. The van der Waals surface area contributed by atoms with Gasteiger partial charge in [-0.05, 0) is 40.0 Å². The zero-order chi connectivity index (χ0) is 16.1. The molecule has 0 bridgehead atoms. The van der Waals surface area contributed by atoms with Crippen LogP contribution >= 0.6 is 0 Å². The summed E-state index contributed by atoms with van der Waals surface area (Å²) in [4.78, 5) is 23.6. The molecule has 1 saturated carbocycles. The van der Waals surface area contributed by atoms with Gasteiger partial charge in [-0.2, -0.15) is 9.35 Å². The topological polar surface area (TPSA) is 125 Å². The normalized spacial score (nSPS) is 23.2. The number of hydrogen-bond acceptors (Lipinski definition) is 7. The molecule has 0 aromatic heterocycles. The molecule has 2 amide bonds. The van der Waals surface area contributed by atoms with Gasteiger partial charge in [-0.15, -0.1) is 0 Å². The maximum atomic E-state index is 11.9. The minimum absolute atomic E-state index is 0. The Morgan fingerprint density at radius 3 is 2.32 bits per heavy atom. The second-order valence-electron chi connectivity index (χ2n) is 6.15. The molecule has 2 fully saturated rings. The molecule has 1 unspecified atom stereocenters. The van der Waals surface area contributed by atoms with Gasteiger partial charge in [0.25, 0.3) is 5.91 Å². The molecule has 2 aliphatic rings. The van der Waals surface area contributed by atoms with Crippen molar-refractivity contribution in [3.63, 3.8) is 0 Å². The molecule has 0 radical (unpaired) electrons. The molecule has 22 heavy (non-hydrogen) atoms. The number of nitrogens with zero attached hydrogens (tertiary/aromatic N) is 1. The largest absolute Gasteiger partial charge is 1.00 e. The van der Waals surface area contributed by atoms with Gasteiger partial charge in [-0.25, -0.2) is 13.2 Å². The van der Waals surface area contributed by atoms with Crippen molar-refractivity contribution in [3.05, 3.63) is 0 Å². The van der Waals surface area contributed by atoms with Crippen molar-refractivity contribution < 1.29 is 61.1 Å². The predicted octanol–water partition coefficient (Wildman–Crippen LogP) is -2.96. The molecule has 0 aromatic carbocycles. The zero-order valence-electron chi connectivity index (χ0n) is 12.9. The summed E-state index contributed by atoms with van der Waals surface area (Å²) in [7, 11) is -5.03. The second-order valence-corrected chi connectivity index (χ2v) is 7.12. The van der Waals surface area contributed by atoms with Crippen LogP contribution in [0.15, 0.2) is 0 Å². The molecule has 1 aliphatic heterocycles. The monoisotopic (exact) mass is 344 g/mol. The van der Waals surface area contributed by atoms with Gasteiger partial charge in [0, 0.05) is 0 Å². The SMILES string of the molecule is CC(C)(C)OC(=O)NC1C(=O)N(OS(=O)(=O)[O-])C12CCC2.[Na+]. The minimum atomic E-state index is -5.03. The van der Waals surface area contributed by atoms with E-state index in [4.69, 9.17) is 4.74 Å². The number of hydrogen-bond donors (Lipinski definition) is 1. The van der Waals surface area contributed by atoms with Crippen molar-refractivity contribution in [2.45, 2.75) is 57.2 Å². The van der Waals surface area contributed by atoms with Crippen LogP contribution in [0.5, 0.6) is 0 Å². The Kier molecular flexibility index (Phi) is 5.58. The van der Waals surface area contributed by atoms with Crippen molar-refractivity contribution >= 4 is 22.4 Å². The molecule has 1 spiro atoms. The number of nitrogens with one attached hydrogen (secondary N) is 1. The molecule has 1 saturated heterocycles. The van der Waals surface area contributed by atoms with Gasteiger partial charge in [0.15, 0.2) is 0 Å². The number of rotatable bonds is 3. The summed E-state index contributed by atoms with van der Waals surface area (Å²) in [5, 5.41) is 2.96. The molecular formula is C11H17N2NaO7S. The Bertz CT molecular complexity index is 567. The molecule has 1 heterocycles. The first-order chi connectivity index (χ1) is 9.45. The van der Waals surface area contributed by atoms with Crippen LogP contribution in [0.1, 0.15) is 40.0 Å². The van der Waals surface area contributed by atoms with E-state index in [1.807, 2.05) is 0 Å². The van der Waals surface area contributed by atoms with Crippen LogP contribution in [0.3, 0.4) is 0 Å². The Morgan fingerprint density at radius 1 is 1.41 bits per heavy atom. The molecule has 11 heteroatoms. The van der Waals surface area contributed by atoms with Crippen LogP contribution in [0.25, 0.3) is 0 Å². The van der Waals surface area contributed by atoms with E-state index in [-0.39, 0.29) is 29.6 Å². The van der Waals surface area contributed by atoms with E-state index in [9.17, 15) is 22.6 Å². The maximum absolute atomic E-state index is 11.9. The van der Waals surface area contributed by atoms with Crippen LogP contribution in [0.2, 0.25) is 0 Å². The molecule has 2 rings (SSSR count). The number of hydroxylamine groups is 2. The first-order valence-corrected chi connectivity index (χ1v) is 7.77. The number of alkyl carbamates (subject to hydrolysis) is 1. The van der Waals surface area contributed by atoms with E-state index in [0.29, 0.717) is 17.9 Å². The van der Waals surface area contributed by atoms with E-state index in [2.05, 4.69) is 9.60 Å². The van der Waals surface area contributed by atoms with E-state index >= 15 is 0 Å². The predicted molar refractivity (Wildman–Crippen MR) is 67.4 cm³/mol. The van der Waals surface area contributed by atoms with Crippen molar-refractivity contribution in [3.8, 4) is 0 Å². The first-order valence-electron chi connectivity index (χ1n) is 6.44. The molecule has 1 N–H and O–H groups in total. The third-order valence-electron chi connectivity index (χ3n) is 3.44. The smallest absolute Gasteiger partial charge is 0.724 e. The summed E-state index contributed by atoms with van der Waals surface area (Å²) in [6.07, 6.45) is 0.832. The third-order valence-corrected chi connectivity index (χ3v) is 3.77. The number of carbonyl (C=O) groups excluding carboxylic acids is 2. The van der Waals surface area contributed by atoms with Gasteiger partial charge >= 0.3 is 35.7 Å². The zero-order valence-corrected chi connectivity index (χ0v) is 15.7. The van der Waals surface area contributed by atoms with E-state index < -0.39 is 39.6 Å². The molecule has 120 valence electrons. The summed E-state index contributed by atoms with van der Waals surface area (Å²) in [5.41, 5.74) is -1.69. The first kappa shape index (κ1) is 19.7. The number of β-lactam (4-membered cyclic amide) rings is 1. The van der Waals surface area contributed by atoms with Gasteiger partial charge in [-0.3, -0.25) is 4.79 Å². The summed E-state index contributed by atoms with van der Waals surface area (Å²) >= 11 is 0. The van der Waals surface area contributed by atoms with Gasteiger partial charge in [0.05, 0.1) is 0 Å². The molecule has 1 aliphatic carbocycles. The summed E-state index contributed by atoms with van der Waals surface area (Å²) < 4.78 is 41.1. The Balaban J connectivity index is 0.00000242. The third kappa shape index (κ3) is 3.92. The van der Waals surface area contributed by atoms with Crippen LogP contribution < -0.4 is 34.9 Å². The number of amides is 2. The average molecular weight is 344 g/mol. The minimum Gasteiger partial charge on any atom is -0.724 e. The summed E-state index contributed by atoms with van der Waals surface area (Å²) in [5.74, 6) is -0.778. The van der Waals surface area contributed by atoms with Gasteiger partial charge < -0.3 is 14.6 Å². The van der Waals surface area contributed by atoms with Crippen LogP contribution in [0, 0.1) is 0 Å². The second kappa shape index (κ2) is 6.25. The average Bonchev–Trinajstić information content (AvgIpc) is 2.20. The molecule has 1 atom stereocenters. The maximum Gasteiger partial charge on any atom is 1.00 e. The van der Waals surface area contributed by atoms with E-state index in [1.165, 1.54) is 0 Å². The fraction of sp³-hybridized carbons (Fsp3) is 0.818. The van der Waals surface area contributed by atoms with Crippen molar-refractivity contribution in [2.24, 2.45) is 0 Å². The fourth-order valence-corrected chi connectivity index (χ4v) is 2.88. The van der Waals surface area contributed by atoms with Crippen LogP contribution in [-0.4, -0.2) is 47.2 Å². The molecule has 9 nitrogen and oxygen atoms in total. The fourth-order valence-electron chi connectivity index (χ4n) is 2.47. The summed E-state index contributed by atoms with van der Waals surface area (Å²) in [6, 6.07) is -0.942. The molecule has 0 aromatic rings. The van der Waals surface area contributed by atoms with Crippen LogP contribution in [0.4, 0.5) is 4.79 Å². The van der Waals surface area contributed by atoms with Gasteiger partial charge in [0.2, 0.25) is 10.4 Å². The van der Waals surface area contributed by atoms with Gasteiger partial charge in [-0.1, -0.05) is 0 Å². The standard InChI is InChI=1S/C11H18N2O7S.Na/c1-10(2,3)19-9(15)12-7-8(14)13(20-21(16,17)18)11(7)5-4-6-11;/h7H,4-6H2,1-3H3,(H,12,15)(H,16,17,18);/q;+1/p-1. The van der Waals surface area contributed by atoms with Gasteiger partial charge in [0.1, 0.15) is 17.2 Å². The summed E-state index contributed by atoms with van der Waals surface area (Å²) in [6.45, 7) is 5.02. The van der Waals surface area contributed by atoms with E-state index in [0.717, 1.165) is 6.42 Å². The van der Waals surface area contributed by atoms with E-state index in [1.54, 1.807) is 20.8 Å². The quantitative estimate of drug-likeness (QED) is 0.251. The number of ether oxygens (including phenoxy) is 1. The van der Waals surface area contributed by atoms with Crippen LogP contribution in [-0.2, 0) is 24.2 Å². The van der Waals surface area contributed by atoms with Crippen molar-refractivity contribution in [2.75, 3.05) is 0 Å². The Hall–Kier alpha value is -0.390. The number of carbonyl (C=O) groups is 2. The Labute approximate surface area is 150 Å². The Morgan fingerprint density at radius 2 is 1.95 bits per heavy atom.